The van der Waals surface area contributed by atoms with Crippen LogP contribution in [-0.2, 0) is 78.6 Å². The molecule has 8 rings (SSSR count). The SMILES string of the molecule is CCOC(=O)CNP(=O)(NCC(=O)OCC)OC[C@H]1O[C@@H](n2cnc3c(=O)[nH]c(C)nc32)[C@@](C)(O)C1O.COC(=O)[C@H](Cc1ccccc1)NP(=O)(N[C@@H](Cc1ccccc1)C(=O)OC)OC[C@H]1O[C@@H](n2cnc3c(=O)[nH]c(N)nc32)[C@@](C)(O)C1O. The maximum atomic E-state index is 14.7. The number of imidazole rings is 2. The molecule has 6 aromatic rings. The Morgan fingerprint density at radius 2 is 1.09 bits per heavy atom. The van der Waals surface area contributed by atoms with Gasteiger partial charge in [0.2, 0.25) is 5.95 Å². The molecule has 4 aromatic heterocycles. The molecule has 0 amide bonds. The van der Waals surface area contributed by atoms with Crippen molar-refractivity contribution in [1.29, 1.82) is 0 Å². The standard InChI is InChI=1S/C31H38N7O10P.C20H31N6O10P/c1-31(43)24(39)22(48-29(31)38-17-33-23-25(38)34-30(32)35-26(23)40)16-47-49(44,36-20(27(41)45-2)14-18-10-6-4-7-11-18)37-21(28(42)46-3)15-19-12-8-5-9-13-19;1-5-33-13(27)7-22-37(32,23-8-14(28)34-6-2)35-9-12-16(29)20(4,31)19(36-12)26-10-21-15-17(26)24-11(3)25-18(15)30/h4-13,17,20-22,24,29,39,43H,14-16H2,1-3H3,(H2,36,37,44)(H3,32,34,35,40);10,12,16,19,29,31H,5-9H2,1-4H3,(H2,22,23,32)(H,24,25,30)/t20-,21-,22+,24?,29+,31-;12-,16?,19-,20+/m01/s1. The molecule has 2 aliphatic heterocycles. The van der Waals surface area contributed by atoms with Crippen molar-refractivity contribution in [3.63, 3.8) is 0 Å². The number of nitrogen functional groups attached to an aromatic ring is 1. The van der Waals surface area contributed by atoms with Crippen LogP contribution in [0.25, 0.3) is 22.3 Å². The summed E-state index contributed by atoms with van der Waals surface area (Å²) in [5, 5.41) is 54.6. The zero-order valence-electron chi connectivity index (χ0n) is 47.7. The molecule has 6 heterocycles. The normalized spacial score (nSPS) is 22.9. The minimum absolute atomic E-state index is 0.00928. The van der Waals surface area contributed by atoms with Gasteiger partial charge in [-0.1, -0.05) is 60.7 Å². The number of aliphatic hydroxyl groups excluding tert-OH is 2. The number of aromatic amines is 2. The summed E-state index contributed by atoms with van der Waals surface area (Å²) in [7, 11) is -6.19. The molecular weight excluding hydrogens is 1180 g/mol. The van der Waals surface area contributed by atoms with Crippen LogP contribution in [0.2, 0.25) is 0 Å². The fourth-order valence-corrected chi connectivity index (χ4v) is 12.3. The Labute approximate surface area is 489 Å². The fourth-order valence-electron chi connectivity index (χ4n) is 9.21. The van der Waals surface area contributed by atoms with Crippen molar-refractivity contribution in [2.45, 2.75) is 108 Å². The molecule has 2 aliphatic rings. The van der Waals surface area contributed by atoms with Crippen LogP contribution in [0.4, 0.5) is 5.95 Å². The van der Waals surface area contributed by atoms with Gasteiger partial charge < -0.3 is 68.6 Å². The van der Waals surface area contributed by atoms with Crippen LogP contribution >= 0.6 is 15.3 Å². The van der Waals surface area contributed by atoms with Gasteiger partial charge in [-0.25, -0.2) is 35.3 Å². The number of benzene rings is 2. The number of anilines is 1. The maximum absolute atomic E-state index is 14.7. The lowest BCUT2D eigenvalue weighted by molar-refractivity contribution is -0.143. The molecular formula is C51H69N13O20P2. The molecule has 33 nitrogen and oxygen atoms in total. The summed E-state index contributed by atoms with van der Waals surface area (Å²) in [5.74, 6) is -2.86. The zero-order valence-corrected chi connectivity index (χ0v) is 49.5. The molecule has 10 atom stereocenters. The van der Waals surface area contributed by atoms with Crippen LogP contribution in [0.3, 0.4) is 0 Å². The number of carbonyl (C=O) groups is 4. The second-order valence-corrected chi connectivity index (χ2v) is 23.8. The van der Waals surface area contributed by atoms with Crippen LogP contribution in [0.5, 0.6) is 0 Å². The van der Waals surface area contributed by atoms with E-state index in [4.69, 9.17) is 43.2 Å². The number of nitrogens with one attached hydrogen (secondary N) is 6. The van der Waals surface area contributed by atoms with Crippen LogP contribution in [-0.4, -0.2) is 185 Å². The van der Waals surface area contributed by atoms with E-state index in [0.717, 1.165) is 0 Å². The number of fused-ring (bicyclic) bond motifs is 2. The Balaban J connectivity index is 0.000000256. The van der Waals surface area contributed by atoms with Gasteiger partial charge in [-0.15, -0.1) is 0 Å². The van der Waals surface area contributed by atoms with Crippen molar-refractivity contribution in [2.75, 3.05) is 59.5 Å². The third-order valence-corrected chi connectivity index (χ3v) is 17.0. The Kier molecular flexibility index (Phi) is 22.0. The molecule has 468 valence electrons. The molecule has 0 aliphatic carbocycles. The molecule has 12 N–H and O–H groups in total. The highest BCUT2D eigenvalue weighted by molar-refractivity contribution is 7.55. The number of nitrogens with zero attached hydrogens (tertiary/aromatic N) is 6. The minimum atomic E-state index is -4.46. The van der Waals surface area contributed by atoms with E-state index < -0.39 is 137 Å². The first-order valence-corrected chi connectivity index (χ1v) is 29.9. The number of nitrogens with two attached hydrogens (primary N) is 1. The van der Waals surface area contributed by atoms with Crippen LogP contribution in [0, 0.1) is 6.92 Å². The average molecular weight is 1250 g/mol. The van der Waals surface area contributed by atoms with E-state index in [0.29, 0.717) is 17.0 Å². The van der Waals surface area contributed by atoms with E-state index in [1.807, 2.05) is 0 Å². The molecule has 0 saturated carbocycles. The first kappa shape index (κ1) is 66.3. The number of hydrogen-bond acceptors (Lipinski definition) is 25. The second kappa shape index (κ2) is 28.5. The Morgan fingerprint density at radius 3 is 1.51 bits per heavy atom. The number of rotatable bonds is 26. The second-order valence-electron chi connectivity index (χ2n) is 19.9. The molecule has 2 fully saturated rings. The molecule has 0 spiro atoms. The smallest absolute Gasteiger partial charge is 0.342 e. The summed E-state index contributed by atoms with van der Waals surface area (Å²) in [6.45, 7) is 5.42. The van der Waals surface area contributed by atoms with Gasteiger partial charge in [-0.05, 0) is 58.6 Å². The lowest BCUT2D eigenvalue weighted by Crippen LogP contribution is -2.47. The number of carbonyl (C=O) groups excluding carboxylic acids is 4. The number of aliphatic hydroxyl groups is 4. The Hall–Kier alpha value is -7.20. The van der Waals surface area contributed by atoms with Crippen molar-refractivity contribution in [3.05, 3.63) is 111 Å². The fraction of sp³-hybridized carbons (Fsp3) is 0.490. The van der Waals surface area contributed by atoms with E-state index in [1.165, 1.54) is 49.9 Å². The van der Waals surface area contributed by atoms with E-state index >= 15 is 0 Å². The van der Waals surface area contributed by atoms with Gasteiger partial charge in [0, 0.05) is 0 Å². The highest BCUT2D eigenvalue weighted by Crippen LogP contribution is 2.46. The Bertz CT molecular complexity index is 3460. The van der Waals surface area contributed by atoms with Gasteiger partial charge >= 0.3 is 39.2 Å². The van der Waals surface area contributed by atoms with E-state index in [2.05, 4.69) is 50.3 Å². The molecule has 2 saturated heterocycles. The average Bonchev–Trinajstić information content (AvgIpc) is 1.70. The van der Waals surface area contributed by atoms with Crippen LogP contribution in [0.15, 0.2) is 82.9 Å². The number of aromatic nitrogens is 8. The third-order valence-electron chi connectivity index (χ3n) is 13.5. The van der Waals surface area contributed by atoms with Gasteiger partial charge in [0.05, 0.1) is 53.3 Å². The lowest BCUT2D eigenvalue weighted by Gasteiger charge is -2.29. The maximum Gasteiger partial charge on any atom is 0.342 e. The highest BCUT2D eigenvalue weighted by atomic mass is 31.2. The summed E-state index contributed by atoms with van der Waals surface area (Å²) >= 11 is 0. The summed E-state index contributed by atoms with van der Waals surface area (Å²) in [5.41, 5.74) is 2.15. The predicted octanol–water partition coefficient (Wildman–Crippen LogP) is -0.549. The number of aryl methyl sites for hydroxylation is 1. The molecule has 2 unspecified atom stereocenters. The zero-order chi connectivity index (χ0) is 62.7. The number of ether oxygens (including phenoxy) is 6. The third kappa shape index (κ3) is 15.9. The van der Waals surface area contributed by atoms with Crippen molar-refractivity contribution >= 4 is 67.5 Å². The first-order valence-electron chi connectivity index (χ1n) is 26.6. The summed E-state index contributed by atoms with van der Waals surface area (Å²) in [6.07, 6.45) is -5.80. The molecule has 2 aromatic carbocycles. The van der Waals surface area contributed by atoms with Crippen LogP contribution in [0.1, 0.15) is 57.1 Å². The molecule has 35 heteroatoms. The number of methoxy groups -OCH3 is 2. The molecule has 0 bridgehead atoms. The van der Waals surface area contributed by atoms with Crippen molar-refractivity contribution in [2.24, 2.45) is 0 Å². The van der Waals surface area contributed by atoms with Gasteiger partial charge in [-0.2, -0.15) is 4.98 Å². The van der Waals surface area contributed by atoms with E-state index in [-0.39, 0.29) is 54.3 Å². The number of esters is 4. The quantitative estimate of drug-likeness (QED) is 0.0184. The largest absolute Gasteiger partial charge is 0.468 e. The van der Waals surface area contributed by atoms with Gasteiger partial charge in [0.15, 0.2) is 34.8 Å². The van der Waals surface area contributed by atoms with Crippen molar-refractivity contribution in [3.8, 4) is 0 Å². The number of H-pyrrole nitrogens is 2. The highest BCUT2D eigenvalue weighted by Gasteiger charge is 2.56. The van der Waals surface area contributed by atoms with Gasteiger partial charge in [-0.3, -0.25) is 52.0 Å². The van der Waals surface area contributed by atoms with Gasteiger partial charge in [0.25, 0.3) is 11.1 Å². The first-order chi connectivity index (χ1) is 40.8. The van der Waals surface area contributed by atoms with E-state index in [9.17, 15) is 58.3 Å². The molecule has 86 heavy (non-hydrogen) atoms. The monoisotopic (exact) mass is 1250 g/mol. The summed E-state index contributed by atoms with van der Waals surface area (Å²) in [4.78, 5) is 95.2. The van der Waals surface area contributed by atoms with Crippen molar-refractivity contribution < 1.29 is 86.2 Å². The predicted molar refractivity (Wildman–Crippen MR) is 301 cm³/mol. The minimum Gasteiger partial charge on any atom is -0.468 e. The number of hydrogen-bond donors (Lipinski definition) is 11. The summed E-state index contributed by atoms with van der Waals surface area (Å²) < 4.78 is 73.3. The molecule has 0 radical (unpaired) electrons. The topological polar surface area (TPSA) is 458 Å². The lowest BCUT2D eigenvalue weighted by atomic mass is 9.96. The van der Waals surface area contributed by atoms with Crippen molar-refractivity contribution in [1.82, 2.24) is 59.4 Å². The van der Waals surface area contributed by atoms with E-state index in [1.54, 1.807) is 81.4 Å². The Morgan fingerprint density at radius 1 is 0.686 bits per heavy atom. The van der Waals surface area contributed by atoms with Gasteiger partial charge in [0.1, 0.15) is 66.6 Å². The van der Waals surface area contributed by atoms with Crippen LogP contribution < -0.4 is 37.2 Å². The summed E-state index contributed by atoms with van der Waals surface area (Å²) in [6, 6.07) is 15.3.